The molecule has 0 aliphatic rings. The summed E-state index contributed by atoms with van der Waals surface area (Å²) in [6.07, 6.45) is -0.240. The maximum atomic E-state index is 13.6. The molecule has 0 saturated heterocycles. The molecule has 0 heterocycles. The molecule has 0 aliphatic heterocycles. The van der Waals surface area contributed by atoms with Gasteiger partial charge in [0.1, 0.15) is 0 Å². The summed E-state index contributed by atoms with van der Waals surface area (Å²) in [5.41, 5.74) is -0.936. The van der Waals surface area contributed by atoms with Crippen molar-refractivity contribution in [3.63, 3.8) is 0 Å². The third-order valence-corrected chi connectivity index (χ3v) is 3.09. The fourth-order valence-electron chi connectivity index (χ4n) is 2.01. The van der Waals surface area contributed by atoms with Gasteiger partial charge in [-0.1, -0.05) is 37.6 Å². The van der Waals surface area contributed by atoms with Crippen LogP contribution in [0.15, 0.2) is 18.2 Å². The molecule has 2 nitrogen and oxygen atoms in total. The van der Waals surface area contributed by atoms with Crippen molar-refractivity contribution in [3.8, 4) is 0 Å². The van der Waals surface area contributed by atoms with Crippen LogP contribution in [0.25, 0.3) is 0 Å². The lowest BCUT2D eigenvalue weighted by Crippen LogP contribution is -2.26. The third kappa shape index (κ3) is 3.19. The van der Waals surface area contributed by atoms with Crippen LogP contribution in [-0.4, -0.2) is 11.1 Å². The quantitative estimate of drug-likeness (QED) is 0.895. The summed E-state index contributed by atoms with van der Waals surface area (Å²) in [7, 11) is 0. The molecular formula is C13H15ClF2O2. The Morgan fingerprint density at radius 1 is 1.33 bits per heavy atom. The van der Waals surface area contributed by atoms with Gasteiger partial charge in [-0.15, -0.1) is 0 Å². The van der Waals surface area contributed by atoms with Crippen LogP contribution in [0.3, 0.4) is 0 Å². The molecule has 0 spiro atoms. The second-order valence-electron chi connectivity index (χ2n) is 5.01. The highest BCUT2D eigenvalue weighted by Gasteiger charge is 2.36. The molecule has 100 valence electrons. The van der Waals surface area contributed by atoms with Gasteiger partial charge in [0.15, 0.2) is 0 Å². The zero-order valence-electron chi connectivity index (χ0n) is 10.4. The van der Waals surface area contributed by atoms with Crippen LogP contribution in [-0.2, 0) is 16.1 Å². The van der Waals surface area contributed by atoms with Crippen molar-refractivity contribution in [1.82, 2.24) is 0 Å². The van der Waals surface area contributed by atoms with Gasteiger partial charge in [-0.25, -0.2) is 8.78 Å². The number of alkyl halides is 2. The third-order valence-electron chi connectivity index (χ3n) is 2.77. The van der Waals surface area contributed by atoms with Gasteiger partial charge in [0.05, 0.1) is 11.4 Å². The van der Waals surface area contributed by atoms with Gasteiger partial charge in [-0.2, -0.15) is 0 Å². The average Bonchev–Trinajstić information content (AvgIpc) is 2.13. The number of carboxylic acids is 1. The van der Waals surface area contributed by atoms with E-state index in [-0.39, 0.29) is 22.6 Å². The first-order valence-electron chi connectivity index (χ1n) is 5.45. The Kier molecular flexibility index (Phi) is 4.01. The molecule has 18 heavy (non-hydrogen) atoms. The highest BCUT2D eigenvalue weighted by molar-refractivity contribution is 6.31. The Hall–Kier alpha value is -1.16. The van der Waals surface area contributed by atoms with Gasteiger partial charge >= 0.3 is 5.97 Å². The minimum absolute atomic E-state index is 0.0431. The lowest BCUT2D eigenvalue weighted by atomic mass is 9.78. The van der Waals surface area contributed by atoms with E-state index in [1.54, 1.807) is 19.9 Å². The number of hydrogen-bond acceptors (Lipinski definition) is 1. The molecule has 0 saturated carbocycles. The molecule has 0 atom stereocenters. The predicted molar refractivity (Wildman–Crippen MR) is 66.3 cm³/mol. The highest BCUT2D eigenvalue weighted by atomic mass is 35.5. The first kappa shape index (κ1) is 14.9. The second kappa shape index (κ2) is 4.84. The number of benzene rings is 1. The molecule has 0 aromatic heterocycles. The van der Waals surface area contributed by atoms with Crippen LogP contribution < -0.4 is 0 Å². The minimum atomic E-state index is -3.11. The van der Waals surface area contributed by atoms with E-state index in [2.05, 4.69) is 0 Å². The summed E-state index contributed by atoms with van der Waals surface area (Å²) in [5, 5.41) is 8.81. The summed E-state index contributed by atoms with van der Waals surface area (Å²) in [4.78, 5) is 10.8. The van der Waals surface area contributed by atoms with Gasteiger partial charge in [0.2, 0.25) is 0 Å². The maximum absolute atomic E-state index is 13.6. The summed E-state index contributed by atoms with van der Waals surface area (Å²) < 4.78 is 27.2. The molecule has 0 unspecified atom stereocenters. The topological polar surface area (TPSA) is 37.3 Å². The molecule has 0 radical (unpaired) electrons. The fraction of sp³-hybridized carbons (Fsp3) is 0.462. The molecular weight excluding hydrogens is 262 g/mol. The summed E-state index contributed by atoms with van der Waals surface area (Å²) in [5.74, 6) is -4.14. The lowest BCUT2D eigenvalue weighted by molar-refractivity contribution is -0.138. The van der Waals surface area contributed by atoms with E-state index in [1.165, 1.54) is 12.1 Å². The standard InChI is InChI=1S/C13H15ClF2O2/c1-12(2,7-10(17)18)8-5-4-6-9(14)11(8)13(3,15)16/h4-6H,7H2,1-3H3,(H,17,18). The van der Waals surface area contributed by atoms with Gasteiger partial charge in [0, 0.05) is 17.9 Å². The molecule has 5 heteroatoms. The van der Waals surface area contributed by atoms with E-state index < -0.39 is 17.3 Å². The van der Waals surface area contributed by atoms with Crippen LogP contribution in [0, 0.1) is 0 Å². The number of carbonyl (C=O) groups is 1. The Labute approximate surface area is 110 Å². The van der Waals surface area contributed by atoms with Crippen LogP contribution in [0.5, 0.6) is 0 Å². The average molecular weight is 277 g/mol. The van der Waals surface area contributed by atoms with Crippen molar-refractivity contribution in [2.45, 2.75) is 38.5 Å². The van der Waals surface area contributed by atoms with E-state index in [9.17, 15) is 13.6 Å². The van der Waals surface area contributed by atoms with E-state index in [0.717, 1.165) is 6.92 Å². The second-order valence-corrected chi connectivity index (χ2v) is 5.41. The largest absolute Gasteiger partial charge is 0.481 e. The lowest BCUT2D eigenvalue weighted by Gasteiger charge is -2.28. The highest BCUT2D eigenvalue weighted by Crippen LogP contribution is 2.41. The monoisotopic (exact) mass is 276 g/mol. The van der Waals surface area contributed by atoms with E-state index in [4.69, 9.17) is 16.7 Å². The summed E-state index contributed by atoms with van der Waals surface area (Å²) in [6, 6.07) is 4.44. The van der Waals surface area contributed by atoms with Crippen LogP contribution in [0.4, 0.5) is 8.78 Å². The fourth-order valence-corrected chi connectivity index (χ4v) is 2.35. The molecule has 0 fully saturated rings. The Morgan fingerprint density at radius 3 is 2.33 bits per heavy atom. The van der Waals surface area contributed by atoms with Crippen molar-refractivity contribution in [2.24, 2.45) is 0 Å². The SMILES string of the molecule is CC(F)(F)c1c(Cl)cccc1C(C)(C)CC(=O)O. The Morgan fingerprint density at radius 2 is 1.89 bits per heavy atom. The van der Waals surface area contributed by atoms with Crippen molar-refractivity contribution in [1.29, 1.82) is 0 Å². The van der Waals surface area contributed by atoms with Crippen molar-refractivity contribution in [3.05, 3.63) is 34.3 Å². The van der Waals surface area contributed by atoms with Gasteiger partial charge in [-0.3, -0.25) is 4.79 Å². The molecule has 0 amide bonds. The van der Waals surface area contributed by atoms with Crippen LogP contribution in [0.2, 0.25) is 5.02 Å². The predicted octanol–water partition coefficient (Wildman–Crippen LogP) is 4.20. The minimum Gasteiger partial charge on any atom is -0.481 e. The molecule has 1 aromatic rings. The Balaban J connectivity index is 3.41. The molecule has 1 N–H and O–H groups in total. The maximum Gasteiger partial charge on any atom is 0.304 e. The smallest absolute Gasteiger partial charge is 0.304 e. The normalized spacial score (nSPS) is 12.6. The zero-order chi connectivity index (χ0) is 14.1. The zero-order valence-corrected chi connectivity index (χ0v) is 11.2. The van der Waals surface area contributed by atoms with Crippen molar-refractivity contribution >= 4 is 17.6 Å². The molecule has 0 aliphatic carbocycles. The van der Waals surface area contributed by atoms with Crippen LogP contribution in [0.1, 0.15) is 38.3 Å². The summed E-state index contributed by atoms with van der Waals surface area (Å²) >= 11 is 5.83. The molecule has 0 bridgehead atoms. The number of carboxylic acid groups (broad SMARTS) is 1. The molecule has 1 aromatic carbocycles. The first-order chi connectivity index (χ1) is 8.05. The number of halogens is 3. The number of hydrogen-bond donors (Lipinski definition) is 1. The molecule has 1 rings (SSSR count). The first-order valence-corrected chi connectivity index (χ1v) is 5.82. The van der Waals surface area contributed by atoms with Crippen molar-refractivity contribution < 1.29 is 18.7 Å². The van der Waals surface area contributed by atoms with Crippen LogP contribution >= 0.6 is 11.6 Å². The summed E-state index contributed by atoms with van der Waals surface area (Å²) in [6.45, 7) is 3.98. The number of aliphatic carboxylic acids is 1. The van der Waals surface area contributed by atoms with E-state index in [0.29, 0.717) is 0 Å². The van der Waals surface area contributed by atoms with Gasteiger partial charge < -0.3 is 5.11 Å². The number of rotatable bonds is 4. The van der Waals surface area contributed by atoms with E-state index >= 15 is 0 Å². The Bertz CT molecular complexity index is 465. The van der Waals surface area contributed by atoms with Gasteiger partial charge in [0.25, 0.3) is 5.92 Å². The van der Waals surface area contributed by atoms with E-state index in [1.807, 2.05) is 0 Å². The van der Waals surface area contributed by atoms with Gasteiger partial charge in [-0.05, 0) is 11.6 Å². The van der Waals surface area contributed by atoms with Crippen molar-refractivity contribution in [2.75, 3.05) is 0 Å².